The number of benzene rings is 1. The molecule has 1 atom stereocenters. The van der Waals surface area contributed by atoms with E-state index >= 15 is 0 Å². The Morgan fingerprint density at radius 3 is 2.79 bits per heavy atom. The smallest absolute Gasteiger partial charge is 0.205 e. The fourth-order valence-corrected chi connectivity index (χ4v) is 4.43. The minimum atomic E-state index is -0.340. The molecule has 1 aromatic rings. The van der Waals surface area contributed by atoms with Crippen LogP contribution in [0.4, 0.5) is 0 Å². The Morgan fingerprint density at radius 1 is 1.17 bits per heavy atom. The Hall–Kier alpha value is -1.86. The van der Waals surface area contributed by atoms with E-state index in [4.69, 9.17) is 14.7 Å². The summed E-state index contributed by atoms with van der Waals surface area (Å²) >= 11 is 0. The lowest BCUT2D eigenvalue weighted by Gasteiger charge is -2.41. The molecular weight excluding hydrogens is 300 g/mol. The van der Waals surface area contributed by atoms with Crippen LogP contribution in [0.25, 0.3) is 0 Å². The van der Waals surface area contributed by atoms with Crippen LogP contribution in [0.3, 0.4) is 0 Å². The molecule has 4 heteroatoms. The molecule has 1 unspecified atom stereocenters. The van der Waals surface area contributed by atoms with Gasteiger partial charge in [0.05, 0.1) is 12.3 Å². The van der Waals surface area contributed by atoms with Crippen LogP contribution >= 0.6 is 0 Å². The van der Waals surface area contributed by atoms with Crippen molar-refractivity contribution in [2.24, 2.45) is 4.99 Å². The first-order valence-electron chi connectivity index (χ1n) is 9.16. The molecule has 2 aliphatic heterocycles. The van der Waals surface area contributed by atoms with Gasteiger partial charge in [-0.1, -0.05) is 25.3 Å². The van der Waals surface area contributed by atoms with E-state index in [1.807, 2.05) is 6.19 Å². The highest BCUT2D eigenvalue weighted by Crippen LogP contribution is 2.41. The molecule has 0 aromatic heterocycles. The van der Waals surface area contributed by atoms with Crippen LogP contribution < -0.4 is 4.74 Å². The maximum absolute atomic E-state index is 9.14. The van der Waals surface area contributed by atoms with Crippen molar-refractivity contribution in [3.05, 3.63) is 29.3 Å². The molecule has 0 radical (unpaired) electrons. The predicted molar refractivity (Wildman–Crippen MR) is 92.4 cm³/mol. The van der Waals surface area contributed by atoms with Crippen molar-refractivity contribution in [3.8, 4) is 11.9 Å². The van der Waals surface area contributed by atoms with Crippen LogP contribution in [-0.4, -0.2) is 24.5 Å². The van der Waals surface area contributed by atoms with E-state index in [0.29, 0.717) is 18.9 Å². The van der Waals surface area contributed by atoms with E-state index in [0.717, 1.165) is 36.5 Å². The third-order valence-electron chi connectivity index (χ3n) is 5.68. The predicted octanol–water partition coefficient (Wildman–Crippen LogP) is 4.34. The molecule has 3 aliphatic rings. The molecule has 2 heterocycles. The normalized spacial score (nSPS) is 29.0. The Morgan fingerprint density at radius 2 is 2.04 bits per heavy atom. The summed E-state index contributed by atoms with van der Waals surface area (Å²) in [6, 6.07) is 6.52. The van der Waals surface area contributed by atoms with E-state index in [1.165, 1.54) is 37.7 Å². The van der Waals surface area contributed by atoms with Gasteiger partial charge in [0.1, 0.15) is 11.4 Å². The largest absolute Gasteiger partial charge is 0.484 e. The Kier molecular flexibility index (Phi) is 4.28. The summed E-state index contributed by atoms with van der Waals surface area (Å²) in [5, 5.41) is 9.14. The van der Waals surface area contributed by atoms with Crippen molar-refractivity contribution in [2.75, 3.05) is 13.2 Å². The Balaban J connectivity index is 1.68. The van der Waals surface area contributed by atoms with Crippen LogP contribution in [-0.2, 0) is 4.74 Å². The number of ether oxygens (including phenoxy) is 2. The second kappa shape index (κ2) is 6.57. The van der Waals surface area contributed by atoms with Gasteiger partial charge in [-0.05, 0) is 49.3 Å². The molecule has 1 saturated carbocycles. The summed E-state index contributed by atoms with van der Waals surface area (Å²) in [6.07, 6.45) is 11.1. The topological polar surface area (TPSA) is 54.6 Å². The summed E-state index contributed by atoms with van der Waals surface area (Å²) in [4.78, 5) is 4.15. The van der Waals surface area contributed by atoms with Gasteiger partial charge in [-0.25, -0.2) is 0 Å². The summed E-state index contributed by atoms with van der Waals surface area (Å²) in [6.45, 7) is 1.38. The number of aliphatic imine (C=N–C) groups is 1. The van der Waals surface area contributed by atoms with E-state index in [2.05, 4.69) is 23.2 Å². The second-order valence-electron chi connectivity index (χ2n) is 7.37. The number of hydrogen-bond donors (Lipinski definition) is 0. The van der Waals surface area contributed by atoms with Gasteiger partial charge < -0.3 is 9.47 Å². The highest BCUT2D eigenvalue weighted by atomic mass is 16.5. The first-order valence-corrected chi connectivity index (χ1v) is 9.16. The third kappa shape index (κ3) is 2.93. The van der Waals surface area contributed by atoms with Crippen molar-refractivity contribution in [1.29, 1.82) is 5.26 Å². The number of fused-ring (bicyclic) bond motifs is 1. The second-order valence-corrected chi connectivity index (χ2v) is 7.37. The van der Waals surface area contributed by atoms with Crippen LogP contribution in [0.5, 0.6) is 5.75 Å². The summed E-state index contributed by atoms with van der Waals surface area (Å²) in [5.74, 6) is 1.50. The molecule has 2 fully saturated rings. The molecule has 1 aromatic carbocycles. The number of hydrogen-bond acceptors (Lipinski definition) is 4. The van der Waals surface area contributed by atoms with Gasteiger partial charge in [0.2, 0.25) is 6.19 Å². The minimum absolute atomic E-state index is 0.340. The highest BCUT2D eigenvalue weighted by molar-refractivity contribution is 6.05. The average molecular weight is 324 g/mol. The molecule has 1 spiro atoms. The molecule has 1 aliphatic carbocycles. The van der Waals surface area contributed by atoms with Crippen molar-refractivity contribution >= 4 is 5.71 Å². The zero-order valence-corrected chi connectivity index (χ0v) is 14.1. The first-order chi connectivity index (χ1) is 11.8. The van der Waals surface area contributed by atoms with Crippen molar-refractivity contribution < 1.29 is 9.47 Å². The van der Waals surface area contributed by atoms with Gasteiger partial charge in [0, 0.05) is 18.6 Å². The first kappa shape index (κ1) is 15.7. The van der Waals surface area contributed by atoms with Gasteiger partial charge >= 0.3 is 0 Å². The monoisotopic (exact) mass is 324 g/mol. The molecule has 0 bridgehead atoms. The molecule has 0 amide bonds. The zero-order valence-electron chi connectivity index (χ0n) is 14.1. The lowest BCUT2D eigenvalue weighted by molar-refractivity contribution is -0.0661. The van der Waals surface area contributed by atoms with E-state index in [9.17, 15) is 0 Å². The standard InChI is InChI=1S/C20H24N2O2/c21-14-22-18-12-20(9-4-10-23-13-20)24-19-8-7-16(11-17(18)19)15-5-2-1-3-6-15/h7-8,11,15H,1-6,9-10,12-13H2/b22-18+. The lowest BCUT2D eigenvalue weighted by atomic mass is 9.81. The maximum atomic E-state index is 9.14. The van der Waals surface area contributed by atoms with Gasteiger partial charge in [0.15, 0.2) is 0 Å². The summed E-state index contributed by atoms with van der Waals surface area (Å²) in [7, 11) is 0. The molecular formula is C20H24N2O2. The molecule has 126 valence electrons. The van der Waals surface area contributed by atoms with Crippen LogP contribution in [0, 0.1) is 11.5 Å². The molecule has 1 saturated heterocycles. The van der Waals surface area contributed by atoms with Crippen molar-refractivity contribution in [2.45, 2.75) is 62.9 Å². The van der Waals surface area contributed by atoms with E-state index < -0.39 is 0 Å². The number of nitrogens with zero attached hydrogens (tertiary/aromatic N) is 2. The molecule has 24 heavy (non-hydrogen) atoms. The quantitative estimate of drug-likeness (QED) is 0.722. The van der Waals surface area contributed by atoms with Gasteiger partial charge in [-0.2, -0.15) is 10.3 Å². The summed E-state index contributed by atoms with van der Waals surface area (Å²) < 4.78 is 12.0. The molecule has 4 rings (SSSR count). The van der Waals surface area contributed by atoms with Gasteiger partial charge in [-0.3, -0.25) is 0 Å². The van der Waals surface area contributed by atoms with Gasteiger partial charge in [-0.15, -0.1) is 0 Å². The Labute approximate surface area is 143 Å². The Bertz CT molecular complexity index is 677. The SMILES string of the molecule is N#C/N=C1\CC2(CCCOC2)Oc2ccc(C3CCCCC3)cc21. The van der Waals surface area contributed by atoms with Gasteiger partial charge in [0.25, 0.3) is 0 Å². The lowest BCUT2D eigenvalue weighted by Crippen LogP contribution is -2.48. The fourth-order valence-electron chi connectivity index (χ4n) is 4.43. The summed E-state index contributed by atoms with van der Waals surface area (Å²) in [5.41, 5.74) is 2.91. The minimum Gasteiger partial charge on any atom is -0.484 e. The number of rotatable bonds is 1. The third-order valence-corrected chi connectivity index (χ3v) is 5.68. The average Bonchev–Trinajstić information content (AvgIpc) is 2.63. The van der Waals surface area contributed by atoms with Crippen molar-refractivity contribution in [3.63, 3.8) is 0 Å². The van der Waals surface area contributed by atoms with Crippen LogP contribution in [0.15, 0.2) is 23.2 Å². The fraction of sp³-hybridized carbons (Fsp3) is 0.600. The maximum Gasteiger partial charge on any atom is 0.205 e. The zero-order chi connectivity index (χ0) is 16.4. The van der Waals surface area contributed by atoms with Crippen LogP contribution in [0.2, 0.25) is 0 Å². The molecule has 0 N–H and O–H groups in total. The van der Waals surface area contributed by atoms with E-state index in [-0.39, 0.29) is 5.60 Å². The van der Waals surface area contributed by atoms with Crippen LogP contribution in [0.1, 0.15) is 68.4 Å². The number of nitriles is 1. The highest BCUT2D eigenvalue weighted by Gasteiger charge is 2.41. The van der Waals surface area contributed by atoms with Crippen molar-refractivity contribution in [1.82, 2.24) is 0 Å². The van der Waals surface area contributed by atoms with E-state index in [1.54, 1.807) is 0 Å². The molecule has 4 nitrogen and oxygen atoms in total.